The second-order valence-electron chi connectivity index (χ2n) is 6.96. The van der Waals surface area contributed by atoms with Crippen LogP contribution in [-0.4, -0.2) is 48.2 Å². The maximum Gasteiger partial charge on any atom is 0.353 e. The predicted octanol–water partition coefficient (Wildman–Crippen LogP) is 4.12. The van der Waals surface area contributed by atoms with Gasteiger partial charge in [-0.3, -0.25) is 10.1 Å². The molecule has 1 N–H and O–H groups in total. The van der Waals surface area contributed by atoms with Gasteiger partial charge < -0.3 is 19.9 Å². The summed E-state index contributed by atoms with van der Waals surface area (Å²) in [5.74, 6) is 1.15. The van der Waals surface area contributed by atoms with Crippen molar-refractivity contribution >= 4 is 40.3 Å². The number of nitrogens with zero attached hydrogens (tertiary/aromatic N) is 5. The summed E-state index contributed by atoms with van der Waals surface area (Å²) >= 11 is 6.10. The minimum atomic E-state index is -0.440. The van der Waals surface area contributed by atoms with Crippen LogP contribution in [0.2, 0.25) is 5.02 Å². The number of aromatic nitrogens is 2. The van der Waals surface area contributed by atoms with E-state index in [0.29, 0.717) is 48.5 Å². The number of nitro groups is 1. The summed E-state index contributed by atoms with van der Waals surface area (Å²) in [5, 5.41) is 15.6. The zero-order valence-corrected chi connectivity index (χ0v) is 17.6. The smallest absolute Gasteiger partial charge is 0.353 e. The highest BCUT2D eigenvalue weighted by Crippen LogP contribution is 2.34. The SMILES string of the molecule is COc1ccc(Nc2ncnc(N3CCN(c4cccc(Cl)c4)CC3)c2[N+](=O)[O-])cc1. The second-order valence-corrected chi connectivity index (χ2v) is 7.40. The Labute approximate surface area is 184 Å². The first-order chi connectivity index (χ1) is 15.0. The molecule has 0 saturated carbocycles. The van der Waals surface area contributed by atoms with Gasteiger partial charge in [0.05, 0.1) is 12.0 Å². The maximum absolute atomic E-state index is 11.9. The van der Waals surface area contributed by atoms with E-state index in [-0.39, 0.29) is 11.5 Å². The summed E-state index contributed by atoms with van der Waals surface area (Å²) in [4.78, 5) is 23.9. The Bertz CT molecular complexity index is 1070. The molecule has 31 heavy (non-hydrogen) atoms. The Hall–Kier alpha value is -3.59. The van der Waals surface area contributed by atoms with E-state index in [4.69, 9.17) is 16.3 Å². The Kier molecular flexibility index (Phi) is 6.03. The summed E-state index contributed by atoms with van der Waals surface area (Å²) in [6.07, 6.45) is 1.34. The van der Waals surface area contributed by atoms with E-state index in [2.05, 4.69) is 20.2 Å². The molecule has 0 radical (unpaired) electrons. The molecule has 2 aromatic carbocycles. The lowest BCUT2D eigenvalue weighted by Crippen LogP contribution is -2.47. The zero-order chi connectivity index (χ0) is 21.8. The first-order valence-electron chi connectivity index (χ1n) is 9.71. The number of rotatable bonds is 6. The van der Waals surface area contributed by atoms with Crippen LogP contribution in [0.3, 0.4) is 0 Å². The molecule has 0 spiro atoms. The van der Waals surface area contributed by atoms with E-state index >= 15 is 0 Å². The van der Waals surface area contributed by atoms with E-state index in [1.165, 1.54) is 6.33 Å². The number of hydrogen-bond acceptors (Lipinski definition) is 8. The number of hydrogen-bond donors (Lipinski definition) is 1. The van der Waals surface area contributed by atoms with Gasteiger partial charge in [-0.25, -0.2) is 9.97 Å². The molecule has 1 aliphatic rings. The van der Waals surface area contributed by atoms with Gasteiger partial charge in [-0.1, -0.05) is 17.7 Å². The number of halogens is 1. The lowest BCUT2D eigenvalue weighted by Gasteiger charge is -2.36. The van der Waals surface area contributed by atoms with Gasteiger partial charge >= 0.3 is 5.69 Å². The van der Waals surface area contributed by atoms with Crippen molar-refractivity contribution in [3.05, 3.63) is 70.0 Å². The topological polar surface area (TPSA) is 96.7 Å². The molecule has 0 unspecified atom stereocenters. The maximum atomic E-state index is 11.9. The van der Waals surface area contributed by atoms with Gasteiger partial charge in [-0.05, 0) is 42.5 Å². The quantitative estimate of drug-likeness (QED) is 0.451. The molecule has 4 rings (SSSR count). The van der Waals surface area contributed by atoms with Crippen molar-refractivity contribution in [2.45, 2.75) is 0 Å². The molecule has 1 aromatic heterocycles. The molecule has 1 aliphatic heterocycles. The van der Waals surface area contributed by atoms with Crippen molar-refractivity contribution in [3.63, 3.8) is 0 Å². The van der Waals surface area contributed by atoms with Crippen LogP contribution in [0.15, 0.2) is 54.9 Å². The lowest BCUT2D eigenvalue weighted by atomic mass is 10.2. The van der Waals surface area contributed by atoms with Gasteiger partial charge in [0.25, 0.3) is 0 Å². The van der Waals surface area contributed by atoms with E-state index in [1.807, 2.05) is 29.2 Å². The first-order valence-corrected chi connectivity index (χ1v) is 10.1. The molecule has 0 atom stereocenters. The van der Waals surface area contributed by atoms with Crippen LogP contribution in [0.5, 0.6) is 5.75 Å². The molecule has 1 fully saturated rings. The summed E-state index contributed by atoms with van der Waals surface area (Å²) in [6, 6.07) is 14.8. The van der Waals surface area contributed by atoms with E-state index in [0.717, 1.165) is 5.69 Å². The molecule has 10 heteroatoms. The van der Waals surface area contributed by atoms with E-state index in [1.54, 1.807) is 31.4 Å². The molecule has 0 bridgehead atoms. The van der Waals surface area contributed by atoms with Gasteiger partial charge in [0.1, 0.15) is 12.1 Å². The van der Waals surface area contributed by atoms with Crippen molar-refractivity contribution in [1.29, 1.82) is 0 Å². The highest BCUT2D eigenvalue weighted by molar-refractivity contribution is 6.30. The number of ether oxygens (including phenoxy) is 1. The van der Waals surface area contributed by atoms with E-state index < -0.39 is 4.92 Å². The standard InChI is InChI=1S/C21H21ClN6O3/c1-31-18-7-5-16(6-8-18)25-20-19(28(29)30)21(24-14-23-20)27-11-9-26(10-12-27)17-4-2-3-15(22)13-17/h2-8,13-14H,9-12H2,1H3,(H,23,24,25). The Morgan fingerprint density at radius 1 is 1.06 bits per heavy atom. The summed E-state index contributed by atoms with van der Waals surface area (Å²) in [6.45, 7) is 2.57. The predicted molar refractivity (Wildman–Crippen MR) is 121 cm³/mol. The third kappa shape index (κ3) is 4.61. The fraction of sp³-hybridized carbons (Fsp3) is 0.238. The Morgan fingerprint density at radius 2 is 1.77 bits per heavy atom. The molecule has 9 nitrogen and oxygen atoms in total. The summed E-state index contributed by atoms with van der Waals surface area (Å²) in [5.41, 5.74) is 1.56. The third-order valence-electron chi connectivity index (χ3n) is 5.09. The normalized spacial score (nSPS) is 13.7. The van der Waals surface area contributed by atoms with Gasteiger partial charge in [0.15, 0.2) is 0 Å². The Balaban J connectivity index is 1.54. The lowest BCUT2D eigenvalue weighted by molar-refractivity contribution is -0.383. The number of anilines is 4. The highest BCUT2D eigenvalue weighted by Gasteiger charge is 2.29. The molecule has 1 saturated heterocycles. The van der Waals surface area contributed by atoms with Crippen molar-refractivity contribution in [3.8, 4) is 5.75 Å². The van der Waals surface area contributed by atoms with Crippen LogP contribution in [0, 0.1) is 10.1 Å². The van der Waals surface area contributed by atoms with Crippen LogP contribution < -0.4 is 19.9 Å². The summed E-state index contributed by atoms with van der Waals surface area (Å²) < 4.78 is 5.15. The van der Waals surface area contributed by atoms with Crippen molar-refractivity contribution in [2.24, 2.45) is 0 Å². The minimum absolute atomic E-state index is 0.144. The number of benzene rings is 2. The fourth-order valence-electron chi connectivity index (χ4n) is 3.52. The van der Waals surface area contributed by atoms with Crippen molar-refractivity contribution < 1.29 is 9.66 Å². The van der Waals surface area contributed by atoms with Gasteiger partial charge in [0, 0.05) is 42.6 Å². The van der Waals surface area contributed by atoms with Crippen LogP contribution in [-0.2, 0) is 0 Å². The number of methoxy groups -OCH3 is 1. The van der Waals surface area contributed by atoms with Gasteiger partial charge in [-0.15, -0.1) is 0 Å². The molecule has 160 valence electrons. The summed E-state index contributed by atoms with van der Waals surface area (Å²) in [7, 11) is 1.58. The second kappa shape index (κ2) is 9.05. The van der Waals surface area contributed by atoms with Crippen LogP contribution >= 0.6 is 11.6 Å². The van der Waals surface area contributed by atoms with Crippen molar-refractivity contribution in [1.82, 2.24) is 9.97 Å². The molecule has 3 aromatic rings. The molecule has 0 amide bonds. The monoisotopic (exact) mass is 440 g/mol. The average molecular weight is 441 g/mol. The number of nitrogens with one attached hydrogen (secondary N) is 1. The van der Waals surface area contributed by atoms with Gasteiger partial charge in [0.2, 0.25) is 11.6 Å². The molecular weight excluding hydrogens is 420 g/mol. The molecule has 0 aliphatic carbocycles. The third-order valence-corrected chi connectivity index (χ3v) is 5.33. The molecule has 2 heterocycles. The Morgan fingerprint density at radius 3 is 2.42 bits per heavy atom. The zero-order valence-electron chi connectivity index (χ0n) is 16.9. The largest absolute Gasteiger partial charge is 0.497 e. The van der Waals surface area contributed by atoms with E-state index in [9.17, 15) is 10.1 Å². The minimum Gasteiger partial charge on any atom is -0.497 e. The number of piperazine rings is 1. The fourth-order valence-corrected chi connectivity index (χ4v) is 3.71. The molecular formula is C21H21ClN6O3. The van der Waals surface area contributed by atoms with Crippen LogP contribution in [0.25, 0.3) is 0 Å². The van der Waals surface area contributed by atoms with Crippen LogP contribution in [0.4, 0.5) is 28.7 Å². The van der Waals surface area contributed by atoms with Gasteiger partial charge in [-0.2, -0.15) is 0 Å². The van der Waals surface area contributed by atoms with Crippen LogP contribution in [0.1, 0.15) is 0 Å². The van der Waals surface area contributed by atoms with Crippen molar-refractivity contribution in [2.75, 3.05) is 48.4 Å². The average Bonchev–Trinajstić information content (AvgIpc) is 2.79. The first kappa shape index (κ1) is 20.7. The highest BCUT2D eigenvalue weighted by atomic mass is 35.5.